The van der Waals surface area contributed by atoms with Crippen LogP contribution >= 0.6 is 0 Å². The third-order valence-electron chi connectivity index (χ3n) is 1.74. The fourth-order valence-corrected chi connectivity index (χ4v) is 1.00. The smallest absolute Gasteiger partial charge is 0.0590 e. The Hall–Kier alpha value is -0.0800. The summed E-state index contributed by atoms with van der Waals surface area (Å²) < 4.78 is 0. The Morgan fingerprint density at radius 2 is 2.38 bits per heavy atom. The second-order valence-electron chi connectivity index (χ2n) is 2.54. The fraction of sp³-hybridized carbons (Fsp3) is 1.00. The zero-order valence-electron chi connectivity index (χ0n) is 5.22. The van der Waals surface area contributed by atoms with Gasteiger partial charge in [0, 0.05) is 6.54 Å². The van der Waals surface area contributed by atoms with E-state index >= 15 is 0 Å². The molecule has 0 aliphatic carbocycles. The van der Waals surface area contributed by atoms with Crippen LogP contribution in [0, 0.1) is 5.92 Å². The van der Waals surface area contributed by atoms with Crippen LogP contribution in [-0.4, -0.2) is 24.3 Å². The Bertz CT molecular complexity index is 64.9. The van der Waals surface area contributed by atoms with Gasteiger partial charge in [0.2, 0.25) is 0 Å². The number of aliphatic hydroxyl groups is 1. The van der Waals surface area contributed by atoms with Crippen LogP contribution in [0.25, 0.3) is 0 Å². The summed E-state index contributed by atoms with van der Waals surface area (Å²) in [5, 5.41) is 12.3. The van der Waals surface area contributed by atoms with E-state index in [2.05, 4.69) is 12.2 Å². The fourth-order valence-electron chi connectivity index (χ4n) is 1.00. The molecule has 2 heteroatoms. The second kappa shape index (κ2) is 2.46. The van der Waals surface area contributed by atoms with Crippen LogP contribution in [0.1, 0.15) is 13.3 Å². The molecule has 8 heavy (non-hydrogen) atoms. The van der Waals surface area contributed by atoms with Crippen molar-refractivity contribution in [2.75, 3.05) is 13.1 Å². The summed E-state index contributed by atoms with van der Waals surface area (Å²) in [6.07, 6.45) is 0.859. The number of piperidine rings is 1. The lowest BCUT2D eigenvalue weighted by atomic mass is 9.99. The van der Waals surface area contributed by atoms with Crippen LogP contribution in [0.15, 0.2) is 0 Å². The molecule has 1 rings (SSSR count). The van der Waals surface area contributed by atoms with Crippen molar-refractivity contribution in [1.82, 2.24) is 5.32 Å². The molecule has 2 atom stereocenters. The highest BCUT2D eigenvalue weighted by atomic mass is 16.3. The lowest BCUT2D eigenvalue weighted by Crippen LogP contribution is -2.38. The molecule has 2 N–H and O–H groups in total. The third kappa shape index (κ3) is 1.20. The summed E-state index contributed by atoms with van der Waals surface area (Å²) in [5.74, 6) is 0.448. The first kappa shape index (κ1) is 6.05. The van der Waals surface area contributed by atoms with Crippen molar-refractivity contribution in [1.29, 1.82) is 0 Å². The van der Waals surface area contributed by atoms with Crippen LogP contribution in [0.4, 0.5) is 0 Å². The molecule has 1 unspecified atom stereocenters. The van der Waals surface area contributed by atoms with Crippen molar-refractivity contribution in [3.05, 3.63) is 0 Å². The molecule has 1 fully saturated rings. The SMILES string of the molecule is CC1CNCC[C@H]1O. The van der Waals surface area contributed by atoms with Gasteiger partial charge in [-0.05, 0) is 18.9 Å². The highest BCUT2D eigenvalue weighted by Gasteiger charge is 2.16. The Morgan fingerprint density at radius 3 is 2.75 bits per heavy atom. The monoisotopic (exact) mass is 115 g/mol. The van der Waals surface area contributed by atoms with Crippen LogP contribution in [0.2, 0.25) is 0 Å². The maximum absolute atomic E-state index is 9.14. The van der Waals surface area contributed by atoms with E-state index in [1.54, 1.807) is 0 Å². The van der Waals surface area contributed by atoms with E-state index in [0.717, 1.165) is 19.5 Å². The van der Waals surface area contributed by atoms with Gasteiger partial charge in [0.25, 0.3) is 0 Å². The van der Waals surface area contributed by atoms with Crippen molar-refractivity contribution in [3.63, 3.8) is 0 Å². The number of hydrogen-bond donors (Lipinski definition) is 2. The first-order chi connectivity index (χ1) is 3.80. The van der Waals surface area contributed by atoms with Gasteiger partial charge in [-0.15, -0.1) is 0 Å². The summed E-state index contributed by atoms with van der Waals surface area (Å²) >= 11 is 0. The molecule has 0 amide bonds. The molecule has 2 nitrogen and oxygen atoms in total. The highest BCUT2D eigenvalue weighted by Crippen LogP contribution is 2.08. The minimum Gasteiger partial charge on any atom is -0.393 e. The minimum absolute atomic E-state index is 0.0590. The predicted octanol–water partition coefficient (Wildman–Crippen LogP) is -0.0233. The minimum atomic E-state index is -0.0590. The van der Waals surface area contributed by atoms with Gasteiger partial charge < -0.3 is 10.4 Å². The Labute approximate surface area is 49.9 Å². The number of rotatable bonds is 0. The Balaban J connectivity index is 2.28. The topological polar surface area (TPSA) is 32.3 Å². The third-order valence-corrected chi connectivity index (χ3v) is 1.74. The lowest BCUT2D eigenvalue weighted by molar-refractivity contribution is 0.0882. The van der Waals surface area contributed by atoms with Crippen molar-refractivity contribution >= 4 is 0 Å². The molecule has 48 valence electrons. The summed E-state index contributed by atoms with van der Waals surface area (Å²) in [6.45, 7) is 4.02. The number of hydrogen-bond acceptors (Lipinski definition) is 2. The van der Waals surface area contributed by atoms with Crippen molar-refractivity contribution in [2.24, 2.45) is 5.92 Å². The molecule has 1 aliphatic rings. The van der Waals surface area contributed by atoms with E-state index < -0.39 is 0 Å². The molecule has 0 saturated carbocycles. The second-order valence-corrected chi connectivity index (χ2v) is 2.54. The van der Waals surface area contributed by atoms with Crippen LogP contribution in [0.5, 0.6) is 0 Å². The van der Waals surface area contributed by atoms with Gasteiger partial charge in [-0.3, -0.25) is 0 Å². The molecule has 0 aromatic rings. The number of aliphatic hydroxyl groups excluding tert-OH is 1. The van der Waals surface area contributed by atoms with E-state index in [0.29, 0.717) is 5.92 Å². The van der Waals surface area contributed by atoms with Gasteiger partial charge in [-0.1, -0.05) is 6.92 Å². The quantitative estimate of drug-likeness (QED) is 0.465. The average Bonchev–Trinajstić information content (AvgIpc) is 1.77. The molecule has 1 saturated heterocycles. The number of nitrogens with one attached hydrogen (secondary N) is 1. The molecule has 0 spiro atoms. The molecule has 0 radical (unpaired) electrons. The van der Waals surface area contributed by atoms with Gasteiger partial charge in [0.05, 0.1) is 6.10 Å². The largest absolute Gasteiger partial charge is 0.393 e. The Kier molecular flexibility index (Phi) is 1.86. The summed E-state index contributed by atoms with van der Waals surface area (Å²) in [7, 11) is 0. The first-order valence-electron chi connectivity index (χ1n) is 3.19. The van der Waals surface area contributed by atoms with E-state index in [1.165, 1.54) is 0 Å². The molecule has 0 aromatic carbocycles. The van der Waals surface area contributed by atoms with E-state index in [-0.39, 0.29) is 6.10 Å². The average molecular weight is 115 g/mol. The van der Waals surface area contributed by atoms with E-state index in [1.807, 2.05) is 0 Å². The highest BCUT2D eigenvalue weighted by molar-refractivity contribution is 4.72. The normalized spacial score (nSPS) is 39.8. The van der Waals surface area contributed by atoms with Gasteiger partial charge in [0.1, 0.15) is 0 Å². The van der Waals surface area contributed by atoms with E-state index in [9.17, 15) is 0 Å². The summed E-state index contributed by atoms with van der Waals surface area (Å²) in [4.78, 5) is 0. The molecular formula is C6H13NO. The molecule has 1 aliphatic heterocycles. The van der Waals surface area contributed by atoms with Crippen LogP contribution in [-0.2, 0) is 0 Å². The molecular weight excluding hydrogens is 102 g/mol. The van der Waals surface area contributed by atoms with Crippen molar-refractivity contribution < 1.29 is 5.11 Å². The molecule has 1 heterocycles. The predicted molar refractivity (Wildman–Crippen MR) is 32.7 cm³/mol. The summed E-state index contributed by atoms with van der Waals surface area (Å²) in [6, 6.07) is 0. The van der Waals surface area contributed by atoms with E-state index in [4.69, 9.17) is 5.11 Å². The van der Waals surface area contributed by atoms with Gasteiger partial charge in [-0.2, -0.15) is 0 Å². The zero-order chi connectivity index (χ0) is 5.98. The van der Waals surface area contributed by atoms with Crippen LogP contribution in [0.3, 0.4) is 0 Å². The summed E-state index contributed by atoms with van der Waals surface area (Å²) in [5.41, 5.74) is 0. The van der Waals surface area contributed by atoms with Gasteiger partial charge in [0.15, 0.2) is 0 Å². The maximum Gasteiger partial charge on any atom is 0.0590 e. The van der Waals surface area contributed by atoms with Crippen LogP contribution < -0.4 is 5.32 Å². The Morgan fingerprint density at radius 1 is 1.62 bits per heavy atom. The van der Waals surface area contributed by atoms with Crippen molar-refractivity contribution in [3.8, 4) is 0 Å². The lowest BCUT2D eigenvalue weighted by Gasteiger charge is -2.24. The zero-order valence-corrected chi connectivity index (χ0v) is 5.22. The molecule has 0 aromatic heterocycles. The molecule has 0 bridgehead atoms. The van der Waals surface area contributed by atoms with Crippen molar-refractivity contribution in [2.45, 2.75) is 19.4 Å². The standard InChI is InChI=1S/C6H13NO/c1-5-4-7-3-2-6(5)8/h5-8H,2-4H2,1H3/t5?,6-/m1/s1. The maximum atomic E-state index is 9.14. The van der Waals surface area contributed by atoms with Gasteiger partial charge >= 0.3 is 0 Å². The first-order valence-corrected chi connectivity index (χ1v) is 3.19. The van der Waals surface area contributed by atoms with Gasteiger partial charge in [-0.25, -0.2) is 0 Å².